The molecule has 0 heterocycles. The summed E-state index contributed by atoms with van der Waals surface area (Å²) in [4.78, 5) is 0. The first-order valence-corrected chi connectivity index (χ1v) is 7.23. The molecular formula is C17H24O2. The zero-order chi connectivity index (χ0) is 13.9. The molecule has 2 nitrogen and oxygen atoms in total. The van der Waals surface area contributed by atoms with Crippen molar-refractivity contribution < 1.29 is 9.84 Å². The maximum absolute atomic E-state index is 11.7. The Balaban J connectivity index is 2.22. The Morgan fingerprint density at radius 3 is 2.47 bits per heavy atom. The van der Waals surface area contributed by atoms with Crippen molar-refractivity contribution in [1.82, 2.24) is 0 Å². The lowest BCUT2D eigenvalue weighted by Crippen LogP contribution is -2.51. The third-order valence-corrected chi connectivity index (χ3v) is 6.06. The number of aliphatic hydroxyl groups is 1. The largest absolute Gasteiger partial charge is 0.496 e. The molecule has 2 saturated carbocycles. The SMILES string of the molecule is COc1ccccc1[C@@]1(O)C(C)(C)[C@H]2CC[C@@]1(C)C2. The monoisotopic (exact) mass is 260 g/mol. The molecule has 0 unspecified atom stereocenters. The molecule has 2 aliphatic carbocycles. The highest BCUT2D eigenvalue weighted by Gasteiger charge is 2.69. The average Bonchev–Trinajstić information content (AvgIpc) is 2.86. The van der Waals surface area contributed by atoms with Gasteiger partial charge in [-0.2, -0.15) is 0 Å². The van der Waals surface area contributed by atoms with Crippen molar-refractivity contribution >= 4 is 0 Å². The highest BCUT2D eigenvalue weighted by atomic mass is 16.5. The maximum Gasteiger partial charge on any atom is 0.124 e. The van der Waals surface area contributed by atoms with E-state index in [1.807, 2.05) is 24.3 Å². The second kappa shape index (κ2) is 3.76. The Morgan fingerprint density at radius 1 is 1.21 bits per heavy atom. The highest BCUT2D eigenvalue weighted by Crippen LogP contribution is 2.72. The van der Waals surface area contributed by atoms with Crippen LogP contribution in [-0.4, -0.2) is 12.2 Å². The topological polar surface area (TPSA) is 29.5 Å². The fourth-order valence-corrected chi connectivity index (χ4v) is 4.87. The molecule has 1 aromatic carbocycles. The number of methoxy groups -OCH3 is 1. The first-order valence-electron chi connectivity index (χ1n) is 7.23. The van der Waals surface area contributed by atoms with Gasteiger partial charge in [-0.3, -0.25) is 0 Å². The number of hydrogen-bond donors (Lipinski definition) is 1. The molecule has 0 saturated heterocycles. The fraction of sp³-hybridized carbons (Fsp3) is 0.647. The Morgan fingerprint density at radius 2 is 1.89 bits per heavy atom. The molecule has 3 atom stereocenters. The van der Waals surface area contributed by atoms with Crippen LogP contribution in [0.1, 0.15) is 45.6 Å². The summed E-state index contributed by atoms with van der Waals surface area (Å²) in [7, 11) is 1.69. The van der Waals surface area contributed by atoms with Gasteiger partial charge in [0, 0.05) is 16.4 Å². The molecule has 2 heteroatoms. The third kappa shape index (κ3) is 1.36. The lowest BCUT2D eigenvalue weighted by Gasteiger charge is -2.51. The van der Waals surface area contributed by atoms with Crippen molar-refractivity contribution in [3.05, 3.63) is 29.8 Å². The molecule has 1 aromatic rings. The minimum absolute atomic E-state index is 0.0319. The van der Waals surface area contributed by atoms with E-state index in [-0.39, 0.29) is 10.8 Å². The van der Waals surface area contributed by atoms with E-state index in [4.69, 9.17) is 4.74 Å². The predicted molar refractivity (Wildman–Crippen MR) is 76.1 cm³/mol. The van der Waals surface area contributed by atoms with Gasteiger partial charge in [0.15, 0.2) is 0 Å². The molecule has 104 valence electrons. The van der Waals surface area contributed by atoms with E-state index >= 15 is 0 Å². The predicted octanol–water partition coefficient (Wildman–Crippen LogP) is 3.73. The molecule has 0 radical (unpaired) electrons. The van der Waals surface area contributed by atoms with Gasteiger partial charge in [0.2, 0.25) is 0 Å². The van der Waals surface area contributed by atoms with Crippen molar-refractivity contribution in [3.63, 3.8) is 0 Å². The lowest BCUT2D eigenvalue weighted by atomic mass is 9.57. The Hall–Kier alpha value is -1.02. The summed E-state index contributed by atoms with van der Waals surface area (Å²) in [6.45, 7) is 6.68. The summed E-state index contributed by atoms with van der Waals surface area (Å²) in [5.74, 6) is 1.42. The number of para-hydroxylation sites is 1. The van der Waals surface area contributed by atoms with Gasteiger partial charge in [0.1, 0.15) is 11.4 Å². The smallest absolute Gasteiger partial charge is 0.124 e. The minimum atomic E-state index is -0.796. The molecular weight excluding hydrogens is 236 g/mol. The minimum Gasteiger partial charge on any atom is -0.496 e. The zero-order valence-electron chi connectivity index (χ0n) is 12.4. The summed E-state index contributed by atoms with van der Waals surface area (Å²) in [5.41, 5.74) is 0.0344. The van der Waals surface area contributed by atoms with Gasteiger partial charge >= 0.3 is 0 Å². The van der Waals surface area contributed by atoms with Crippen molar-refractivity contribution in [3.8, 4) is 5.75 Å². The van der Waals surface area contributed by atoms with Gasteiger partial charge in [0.05, 0.1) is 7.11 Å². The molecule has 0 aromatic heterocycles. The maximum atomic E-state index is 11.7. The van der Waals surface area contributed by atoms with Gasteiger partial charge in [0.25, 0.3) is 0 Å². The molecule has 1 N–H and O–H groups in total. The summed E-state index contributed by atoms with van der Waals surface area (Å²) in [6.07, 6.45) is 3.46. The van der Waals surface area contributed by atoms with E-state index in [1.165, 1.54) is 6.42 Å². The van der Waals surface area contributed by atoms with Crippen LogP contribution < -0.4 is 4.74 Å². The summed E-state index contributed by atoms with van der Waals surface area (Å²) in [5, 5.41) is 11.7. The first kappa shape index (κ1) is 13.0. The number of ether oxygens (including phenoxy) is 1. The fourth-order valence-electron chi connectivity index (χ4n) is 4.87. The van der Waals surface area contributed by atoms with Crippen molar-refractivity contribution in [1.29, 1.82) is 0 Å². The van der Waals surface area contributed by atoms with Gasteiger partial charge in [-0.25, -0.2) is 0 Å². The lowest BCUT2D eigenvalue weighted by molar-refractivity contribution is -0.151. The van der Waals surface area contributed by atoms with Crippen LogP contribution in [0.25, 0.3) is 0 Å². The molecule has 2 bridgehead atoms. The van der Waals surface area contributed by atoms with Crippen LogP contribution >= 0.6 is 0 Å². The van der Waals surface area contributed by atoms with Gasteiger partial charge in [-0.05, 0) is 31.2 Å². The van der Waals surface area contributed by atoms with Crippen LogP contribution in [-0.2, 0) is 5.60 Å². The van der Waals surface area contributed by atoms with Gasteiger partial charge in [-0.15, -0.1) is 0 Å². The van der Waals surface area contributed by atoms with E-state index in [0.717, 1.165) is 24.2 Å². The Kier molecular flexibility index (Phi) is 2.57. The van der Waals surface area contributed by atoms with Crippen molar-refractivity contribution in [2.75, 3.05) is 7.11 Å². The van der Waals surface area contributed by atoms with Crippen LogP contribution in [0, 0.1) is 16.7 Å². The Labute approximate surface area is 115 Å². The van der Waals surface area contributed by atoms with E-state index in [9.17, 15) is 5.11 Å². The first-order chi connectivity index (χ1) is 8.87. The molecule has 19 heavy (non-hydrogen) atoms. The molecule has 2 aliphatic rings. The van der Waals surface area contributed by atoms with Crippen LogP contribution in [0.2, 0.25) is 0 Å². The summed E-state index contributed by atoms with van der Waals surface area (Å²) >= 11 is 0. The number of benzene rings is 1. The van der Waals surface area contributed by atoms with Crippen LogP contribution in [0.3, 0.4) is 0 Å². The van der Waals surface area contributed by atoms with E-state index in [1.54, 1.807) is 7.11 Å². The normalized spacial score (nSPS) is 39.5. The number of fused-ring (bicyclic) bond motifs is 2. The average molecular weight is 260 g/mol. The second-order valence-electron chi connectivity index (χ2n) is 7.13. The van der Waals surface area contributed by atoms with E-state index in [0.29, 0.717) is 5.92 Å². The van der Waals surface area contributed by atoms with Gasteiger partial charge < -0.3 is 9.84 Å². The molecule has 0 aliphatic heterocycles. The molecule has 0 amide bonds. The molecule has 2 fully saturated rings. The Bertz CT molecular complexity index is 501. The summed E-state index contributed by atoms with van der Waals surface area (Å²) < 4.78 is 5.51. The number of rotatable bonds is 2. The quantitative estimate of drug-likeness (QED) is 0.878. The zero-order valence-corrected chi connectivity index (χ0v) is 12.4. The number of hydrogen-bond acceptors (Lipinski definition) is 2. The second-order valence-corrected chi connectivity index (χ2v) is 7.13. The van der Waals surface area contributed by atoms with E-state index < -0.39 is 5.60 Å². The van der Waals surface area contributed by atoms with Crippen LogP contribution in [0.4, 0.5) is 0 Å². The van der Waals surface area contributed by atoms with Crippen molar-refractivity contribution in [2.45, 2.75) is 45.6 Å². The van der Waals surface area contributed by atoms with E-state index in [2.05, 4.69) is 20.8 Å². The standard InChI is InChI=1S/C17H24O2/c1-15(2)12-9-10-16(3,11-12)17(15,18)13-7-5-6-8-14(13)19-4/h5-8,12,18H,9-11H2,1-4H3/t12-,16-,17+/m0/s1. The van der Waals surface area contributed by atoms with Crippen molar-refractivity contribution in [2.24, 2.45) is 16.7 Å². The molecule has 3 rings (SSSR count). The third-order valence-electron chi connectivity index (χ3n) is 6.06. The van der Waals surface area contributed by atoms with Crippen LogP contribution in [0.5, 0.6) is 5.75 Å². The highest BCUT2D eigenvalue weighted by molar-refractivity contribution is 5.43. The van der Waals surface area contributed by atoms with Gasteiger partial charge in [-0.1, -0.05) is 39.0 Å². The molecule has 0 spiro atoms. The van der Waals surface area contributed by atoms with Crippen LogP contribution in [0.15, 0.2) is 24.3 Å². The summed E-state index contributed by atoms with van der Waals surface area (Å²) in [6, 6.07) is 7.96.